The van der Waals surface area contributed by atoms with Crippen molar-refractivity contribution in [2.75, 3.05) is 19.7 Å². The lowest BCUT2D eigenvalue weighted by molar-refractivity contribution is -0.0226. The third-order valence-corrected chi connectivity index (χ3v) is 6.03. The van der Waals surface area contributed by atoms with Crippen LogP contribution in [0.15, 0.2) is 30.3 Å². The van der Waals surface area contributed by atoms with Gasteiger partial charge in [-0.05, 0) is 48.6 Å². The first-order valence-corrected chi connectivity index (χ1v) is 9.18. The SMILES string of the molecule is O=C(c1cc2c(s1)CCC2)N1CCOC(c2ccc(Cl)cc2)C1. The summed E-state index contributed by atoms with van der Waals surface area (Å²) in [5.41, 5.74) is 2.45. The van der Waals surface area contributed by atoms with E-state index in [2.05, 4.69) is 6.07 Å². The van der Waals surface area contributed by atoms with Gasteiger partial charge in [0, 0.05) is 16.4 Å². The van der Waals surface area contributed by atoms with Gasteiger partial charge in [0.05, 0.1) is 18.0 Å². The zero-order valence-electron chi connectivity index (χ0n) is 12.8. The van der Waals surface area contributed by atoms with Gasteiger partial charge >= 0.3 is 0 Å². The molecule has 1 aliphatic carbocycles. The number of hydrogen-bond donors (Lipinski definition) is 0. The van der Waals surface area contributed by atoms with Crippen LogP contribution in [0.5, 0.6) is 0 Å². The van der Waals surface area contributed by atoms with Crippen molar-refractivity contribution in [2.24, 2.45) is 0 Å². The summed E-state index contributed by atoms with van der Waals surface area (Å²) in [5, 5.41) is 0.714. The largest absolute Gasteiger partial charge is 0.370 e. The van der Waals surface area contributed by atoms with E-state index in [9.17, 15) is 4.79 Å². The van der Waals surface area contributed by atoms with Gasteiger partial charge in [-0.1, -0.05) is 23.7 Å². The monoisotopic (exact) mass is 347 g/mol. The van der Waals surface area contributed by atoms with Gasteiger partial charge in [0.15, 0.2) is 0 Å². The second-order valence-corrected chi connectivity index (χ2v) is 7.65. The number of carbonyl (C=O) groups is 1. The van der Waals surface area contributed by atoms with Crippen molar-refractivity contribution >= 4 is 28.8 Å². The molecule has 3 nitrogen and oxygen atoms in total. The van der Waals surface area contributed by atoms with Crippen LogP contribution < -0.4 is 0 Å². The zero-order chi connectivity index (χ0) is 15.8. The third kappa shape index (κ3) is 3.03. The fourth-order valence-corrected chi connectivity index (χ4v) is 4.65. The van der Waals surface area contributed by atoms with Crippen molar-refractivity contribution in [3.63, 3.8) is 0 Å². The fourth-order valence-electron chi connectivity index (χ4n) is 3.30. The molecule has 0 radical (unpaired) electrons. The molecule has 23 heavy (non-hydrogen) atoms. The molecule has 0 bridgehead atoms. The number of fused-ring (bicyclic) bond motifs is 1. The van der Waals surface area contributed by atoms with E-state index in [0.29, 0.717) is 24.7 Å². The maximum atomic E-state index is 12.8. The van der Waals surface area contributed by atoms with Gasteiger partial charge in [-0.15, -0.1) is 11.3 Å². The highest BCUT2D eigenvalue weighted by molar-refractivity contribution is 7.14. The van der Waals surface area contributed by atoms with Crippen LogP contribution in [0.3, 0.4) is 0 Å². The van der Waals surface area contributed by atoms with Gasteiger partial charge < -0.3 is 9.64 Å². The van der Waals surface area contributed by atoms with Crippen molar-refractivity contribution in [3.05, 3.63) is 56.2 Å². The van der Waals surface area contributed by atoms with E-state index in [0.717, 1.165) is 23.3 Å². The Morgan fingerprint density at radius 3 is 2.87 bits per heavy atom. The number of rotatable bonds is 2. The van der Waals surface area contributed by atoms with Gasteiger partial charge in [-0.2, -0.15) is 0 Å². The van der Waals surface area contributed by atoms with Gasteiger partial charge in [0.1, 0.15) is 6.10 Å². The summed E-state index contributed by atoms with van der Waals surface area (Å²) in [6, 6.07) is 9.78. The van der Waals surface area contributed by atoms with Crippen LogP contribution in [0, 0.1) is 0 Å². The topological polar surface area (TPSA) is 29.5 Å². The zero-order valence-corrected chi connectivity index (χ0v) is 14.3. The van der Waals surface area contributed by atoms with Crippen molar-refractivity contribution in [1.82, 2.24) is 4.90 Å². The van der Waals surface area contributed by atoms with Crippen LogP contribution >= 0.6 is 22.9 Å². The van der Waals surface area contributed by atoms with E-state index in [4.69, 9.17) is 16.3 Å². The molecule has 1 aliphatic heterocycles. The molecular formula is C18H18ClNO2S. The van der Waals surface area contributed by atoms with Crippen LogP contribution in [0.1, 0.15) is 38.2 Å². The second kappa shape index (κ2) is 6.27. The Hall–Kier alpha value is -1.36. The van der Waals surface area contributed by atoms with Crippen LogP contribution in [-0.4, -0.2) is 30.5 Å². The van der Waals surface area contributed by atoms with E-state index in [1.54, 1.807) is 11.3 Å². The molecule has 1 aromatic carbocycles. The first-order chi connectivity index (χ1) is 11.2. The van der Waals surface area contributed by atoms with Crippen molar-refractivity contribution in [2.45, 2.75) is 25.4 Å². The quantitative estimate of drug-likeness (QED) is 0.818. The molecule has 1 fully saturated rings. The molecule has 1 aromatic heterocycles. The molecule has 2 aromatic rings. The van der Waals surface area contributed by atoms with Gasteiger partial charge in [0.25, 0.3) is 5.91 Å². The summed E-state index contributed by atoms with van der Waals surface area (Å²) in [7, 11) is 0. The maximum absolute atomic E-state index is 12.8. The first-order valence-electron chi connectivity index (χ1n) is 7.98. The Kier molecular flexibility index (Phi) is 4.14. The molecule has 4 rings (SSSR count). The summed E-state index contributed by atoms with van der Waals surface area (Å²) >= 11 is 7.62. The highest BCUT2D eigenvalue weighted by Crippen LogP contribution is 2.32. The lowest BCUT2D eigenvalue weighted by atomic mass is 10.1. The summed E-state index contributed by atoms with van der Waals surface area (Å²) in [4.78, 5) is 17.0. The normalized spacial score (nSPS) is 20.6. The maximum Gasteiger partial charge on any atom is 0.264 e. The van der Waals surface area contributed by atoms with E-state index < -0.39 is 0 Å². The molecule has 0 saturated carbocycles. The average molecular weight is 348 g/mol. The predicted octanol–water partition coefficient (Wildman–Crippen LogP) is 4.10. The van der Waals surface area contributed by atoms with E-state index in [1.165, 1.54) is 16.9 Å². The highest BCUT2D eigenvalue weighted by atomic mass is 35.5. The van der Waals surface area contributed by atoms with Gasteiger partial charge in [0.2, 0.25) is 0 Å². The molecule has 120 valence electrons. The van der Waals surface area contributed by atoms with E-state index >= 15 is 0 Å². The third-order valence-electron chi connectivity index (χ3n) is 4.55. The number of halogens is 1. The Labute approximate surface area is 144 Å². The highest BCUT2D eigenvalue weighted by Gasteiger charge is 2.28. The van der Waals surface area contributed by atoms with Gasteiger partial charge in [-0.3, -0.25) is 4.79 Å². The summed E-state index contributed by atoms with van der Waals surface area (Å²) < 4.78 is 5.85. The molecule has 2 aliphatic rings. The standard InChI is InChI=1S/C18H18ClNO2S/c19-14-6-4-12(5-7-14)15-11-20(8-9-22-15)18(21)17-10-13-2-1-3-16(13)23-17/h4-7,10,15H,1-3,8-9,11H2. The lowest BCUT2D eigenvalue weighted by Crippen LogP contribution is -2.42. The number of carbonyl (C=O) groups excluding carboxylic acids is 1. The van der Waals surface area contributed by atoms with Crippen LogP contribution in [0.25, 0.3) is 0 Å². The summed E-state index contributed by atoms with van der Waals surface area (Å²) in [6.45, 7) is 1.83. The van der Waals surface area contributed by atoms with Crippen LogP contribution in [-0.2, 0) is 17.6 Å². The van der Waals surface area contributed by atoms with Crippen molar-refractivity contribution < 1.29 is 9.53 Å². The fraction of sp³-hybridized carbons (Fsp3) is 0.389. The van der Waals surface area contributed by atoms with Crippen LogP contribution in [0.2, 0.25) is 5.02 Å². The Bertz CT molecular complexity index is 704. The Morgan fingerprint density at radius 1 is 1.26 bits per heavy atom. The number of thiophene rings is 1. The van der Waals surface area contributed by atoms with E-state index in [1.807, 2.05) is 29.2 Å². The molecule has 0 N–H and O–H groups in total. The number of nitrogens with zero attached hydrogens (tertiary/aromatic N) is 1. The molecule has 1 atom stereocenters. The minimum Gasteiger partial charge on any atom is -0.370 e. The number of amides is 1. The Morgan fingerprint density at radius 2 is 2.09 bits per heavy atom. The number of morpholine rings is 1. The number of benzene rings is 1. The van der Waals surface area contributed by atoms with Crippen molar-refractivity contribution in [1.29, 1.82) is 0 Å². The second-order valence-electron chi connectivity index (χ2n) is 6.07. The smallest absolute Gasteiger partial charge is 0.264 e. The lowest BCUT2D eigenvalue weighted by Gasteiger charge is -2.33. The molecule has 2 heterocycles. The summed E-state index contributed by atoms with van der Waals surface area (Å²) in [6.07, 6.45) is 3.40. The minimum atomic E-state index is -0.0724. The molecule has 5 heteroatoms. The van der Waals surface area contributed by atoms with Crippen LogP contribution in [0.4, 0.5) is 0 Å². The molecule has 1 amide bonds. The molecule has 1 saturated heterocycles. The average Bonchev–Trinajstić information content (AvgIpc) is 3.16. The number of ether oxygens (including phenoxy) is 1. The Balaban J connectivity index is 1.50. The predicted molar refractivity (Wildman–Crippen MR) is 92.4 cm³/mol. The van der Waals surface area contributed by atoms with E-state index in [-0.39, 0.29) is 12.0 Å². The molecule has 0 spiro atoms. The number of aryl methyl sites for hydroxylation is 2. The number of hydrogen-bond acceptors (Lipinski definition) is 3. The van der Waals surface area contributed by atoms with Crippen molar-refractivity contribution in [3.8, 4) is 0 Å². The first kappa shape index (κ1) is 15.2. The van der Waals surface area contributed by atoms with Gasteiger partial charge in [-0.25, -0.2) is 0 Å². The molecular weight excluding hydrogens is 330 g/mol. The summed E-state index contributed by atoms with van der Waals surface area (Å²) in [5.74, 6) is 0.145. The molecule has 1 unspecified atom stereocenters. The minimum absolute atomic E-state index is 0.0724.